The van der Waals surface area contributed by atoms with Crippen LogP contribution in [0, 0.1) is 0 Å². The molecule has 2 rings (SSSR count). The molecule has 0 amide bonds. The number of nitrogens with one attached hydrogen (secondary N) is 1. The van der Waals surface area contributed by atoms with Crippen LogP contribution in [0.4, 0.5) is 5.69 Å². The summed E-state index contributed by atoms with van der Waals surface area (Å²) < 4.78 is 0.291. The first-order valence-electron chi connectivity index (χ1n) is 5.16. The van der Waals surface area contributed by atoms with Crippen molar-refractivity contribution in [1.82, 2.24) is 10.2 Å². The summed E-state index contributed by atoms with van der Waals surface area (Å²) in [4.78, 5) is 0. The van der Waals surface area contributed by atoms with Gasteiger partial charge in [0, 0.05) is 17.4 Å². The van der Waals surface area contributed by atoms with Crippen LogP contribution < -0.4 is 5.32 Å². The molecule has 0 aromatic carbocycles. The van der Waals surface area contributed by atoms with Crippen LogP contribution >= 0.6 is 35.0 Å². The first-order chi connectivity index (χ1) is 7.59. The number of halogens is 2. The van der Waals surface area contributed by atoms with Crippen LogP contribution in [-0.2, 0) is 0 Å². The largest absolute Gasteiger partial charge is 0.381 e. The first kappa shape index (κ1) is 12.3. The Hall–Kier alpha value is -0.190. The summed E-state index contributed by atoms with van der Waals surface area (Å²) in [5.74, 6) is 1.24. The summed E-state index contributed by atoms with van der Waals surface area (Å²) in [6, 6.07) is 1.71. The molecule has 1 atom stereocenters. The number of hydrogen-bond donors (Lipinski definition) is 1. The molecule has 1 saturated heterocycles. The van der Waals surface area contributed by atoms with Crippen molar-refractivity contribution in [2.45, 2.75) is 24.5 Å². The zero-order valence-electron chi connectivity index (χ0n) is 8.96. The lowest BCUT2D eigenvalue weighted by atomic mass is 10.1. The van der Waals surface area contributed by atoms with Crippen molar-refractivity contribution in [2.75, 3.05) is 17.6 Å². The van der Waals surface area contributed by atoms with E-state index in [-0.39, 0.29) is 0 Å². The molecule has 1 aromatic rings. The van der Waals surface area contributed by atoms with E-state index in [1.54, 1.807) is 6.07 Å². The maximum atomic E-state index is 5.93. The molecule has 88 valence electrons. The van der Waals surface area contributed by atoms with Crippen molar-refractivity contribution in [3.63, 3.8) is 0 Å². The Morgan fingerprint density at radius 3 is 3.00 bits per heavy atom. The van der Waals surface area contributed by atoms with Crippen molar-refractivity contribution in [1.29, 1.82) is 0 Å². The lowest BCUT2D eigenvalue weighted by molar-refractivity contribution is 0.634. The highest BCUT2D eigenvalue weighted by atomic mass is 35.5. The Kier molecular flexibility index (Phi) is 3.82. The molecule has 0 spiro atoms. The van der Waals surface area contributed by atoms with Crippen molar-refractivity contribution < 1.29 is 0 Å². The van der Waals surface area contributed by atoms with Gasteiger partial charge in [-0.05, 0) is 25.5 Å². The van der Waals surface area contributed by atoms with E-state index < -0.39 is 0 Å². The molecule has 1 fully saturated rings. The monoisotopic (exact) mass is 277 g/mol. The summed E-state index contributed by atoms with van der Waals surface area (Å²) >= 11 is 13.7. The lowest BCUT2D eigenvalue weighted by Crippen LogP contribution is -2.27. The fraction of sp³-hybridized carbons (Fsp3) is 0.600. The average Bonchev–Trinajstić information content (AvgIpc) is 2.67. The number of nitrogens with zero attached hydrogens (tertiary/aromatic N) is 2. The highest BCUT2D eigenvalue weighted by Crippen LogP contribution is 2.38. The summed E-state index contributed by atoms with van der Waals surface area (Å²) in [6.45, 7) is 3.14. The first-order valence-corrected chi connectivity index (χ1v) is 6.90. The van der Waals surface area contributed by atoms with E-state index in [0.717, 1.165) is 12.2 Å². The molecular weight excluding hydrogens is 265 g/mol. The average molecular weight is 278 g/mol. The Bertz CT molecular complexity index is 380. The predicted octanol–water partition coefficient (Wildman–Crippen LogP) is 3.48. The molecular formula is C10H13Cl2N3S. The van der Waals surface area contributed by atoms with Gasteiger partial charge in [-0.15, -0.1) is 10.2 Å². The Labute approximate surface area is 109 Å². The maximum absolute atomic E-state index is 5.93. The number of thioether (sulfide) groups is 1. The van der Waals surface area contributed by atoms with E-state index in [9.17, 15) is 0 Å². The van der Waals surface area contributed by atoms with Gasteiger partial charge in [-0.2, -0.15) is 11.8 Å². The highest BCUT2D eigenvalue weighted by Gasteiger charge is 2.29. The fourth-order valence-electron chi connectivity index (χ4n) is 1.74. The minimum Gasteiger partial charge on any atom is -0.381 e. The van der Waals surface area contributed by atoms with Gasteiger partial charge in [0.15, 0.2) is 10.3 Å². The topological polar surface area (TPSA) is 37.8 Å². The van der Waals surface area contributed by atoms with Gasteiger partial charge in [0.05, 0.1) is 5.69 Å². The molecule has 3 nitrogen and oxygen atoms in total. The SMILES string of the molecule is CC1(CNc2cc(Cl)nnc2Cl)CCCS1. The van der Waals surface area contributed by atoms with Crippen molar-refractivity contribution in [3.8, 4) is 0 Å². The second-order valence-corrected chi connectivity index (χ2v) is 6.55. The molecule has 1 aliphatic heterocycles. The zero-order chi connectivity index (χ0) is 11.6. The Morgan fingerprint density at radius 2 is 2.31 bits per heavy atom. The minimum absolute atomic E-state index is 0.291. The van der Waals surface area contributed by atoms with Crippen LogP contribution in [0.5, 0.6) is 0 Å². The van der Waals surface area contributed by atoms with Crippen molar-refractivity contribution in [2.24, 2.45) is 0 Å². The standard InChI is InChI=1S/C10H13Cl2N3S/c1-10(3-2-4-16-10)6-13-7-5-8(11)14-15-9(7)12/h5H,2-4,6H2,1H3,(H,13,14). The van der Waals surface area contributed by atoms with E-state index in [1.807, 2.05) is 11.8 Å². The van der Waals surface area contributed by atoms with E-state index in [1.165, 1.54) is 18.6 Å². The molecule has 1 aromatic heterocycles. The normalized spacial score (nSPS) is 24.7. The fourth-order valence-corrected chi connectivity index (χ4v) is 3.29. The van der Waals surface area contributed by atoms with Crippen LogP contribution in [0.15, 0.2) is 6.07 Å². The van der Waals surface area contributed by atoms with Crippen LogP contribution in [0.1, 0.15) is 19.8 Å². The molecule has 1 N–H and O–H groups in total. The molecule has 16 heavy (non-hydrogen) atoms. The maximum Gasteiger partial charge on any atom is 0.174 e. The molecule has 0 aliphatic carbocycles. The summed E-state index contributed by atoms with van der Waals surface area (Å²) in [5.41, 5.74) is 0.760. The zero-order valence-corrected chi connectivity index (χ0v) is 11.3. The molecule has 0 bridgehead atoms. The van der Waals surface area contributed by atoms with E-state index >= 15 is 0 Å². The van der Waals surface area contributed by atoms with Crippen LogP contribution in [0.25, 0.3) is 0 Å². The second-order valence-electron chi connectivity index (χ2n) is 4.13. The third kappa shape index (κ3) is 2.93. The molecule has 6 heteroatoms. The van der Waals surface area contributed by atoms with Crippen molar-refractivity contribution in [3.05, 3.63) is 16.4 Å². The lowest BCUT2D eigenvalue weighted by Gasteiger charge is -2.23. The minimum atomic E-state index is 0.291. The van der Waals surface area contributed by atoms with E-state index in [4.69, 9.17) is 23.2 Å². The van der Waals surface area contributed by atoms with Crippen LogP contribution in [-0.4, -0.2) is 27.2 Å². The smallest absolute Gasteiger partial charge is 0.174 e. The Balaban J connectivity index is 2.01. The molecule has 1 aliphatic rings. The van der Waals surface area contributed by atoms with Gasteiger partial charge in [-0.1, -0.05) is 23.2 Å². The molecule has 1 unspecified atom stereocenters. The Morgan fingerprint density at radius 1 is 1.50 bits per heavy atom. The van der Waals surface area contributed by atoms with Gasteiger partial charge in [-0.3, -0.25) is 0 Å². The summed E-state index contributed by atoms with van der Waals surface area (Å²) in [5, 5.41) is 11.5. The molecule has 0 radical (unpaired) electrons. The molecule has 0 saturated carbocycles. The van der Waals surface area contributed by atoms with Crippen LogP contribution in [0.2, 0.25) is 10.3 Å². The third-order valence-electron chi connectivity index (χ3n) is 2.67. The van der Waals surface area contributed by atoms with Gasteiger partial charge in [0.25, 0.3) is 0 Å². The third-order valence-corrected chi connectivity index (χ3v) is 4.67. The number of anilines is 1. The van der Waals surface area contributed by atoms with Gasteiger partial charge in [0.1, 0.15) is 0 Å². The molecule has 2 heterocycles. The van der Waals surface area contributed by atoms with Crippen molar-refractivity contribution >= 4 is 40.7 Å². The van der Waals surface area contributed by atoms with Gasteiger partial charge < -0.3 is 5.32 Å². The second kappa shape index (κ2) is 4.98. The van der Waals surface area contributed by atoms with Gasteiger partial charge in [-0.25, -0.2) is 0 Å². The number of hydrogen-bond acceptors (Lipinski definition) is 4. The van der Waals surface area contributed by atoms with Crippen LogP contribution in [0.3, 0.4) is 0 Å². The summed E-state index contributed by atoms with van der Waals surface area (Å²) in [6.07, 6.45) is 2.51. The number of aromatic nitrogens is 2. The quantitative estimate of drug-likeness (QED) is 0.918. The summed E-state index contributed by atoms with van der Waals surface area (Å²) in [7, 11) is 0. The van der Waals surface area contributed by atoms with Gasteiger partial charge in [0.2, 0.25) is 0 Å². The van der Waals surface area contributed by atoms with E-state index in [0.29, 0.717) is 15.1 Å². The van der Waals surface area contributed by atoms with E-state index in [2.05, 4.69) is 22.4 Å². The highest BCUT2D eigenvalue weighted by molar-refractivity contribution is 8.00. The number of rotatable bonds is 3. The van der Waals surface area contributed by atoms with Gasteiger partial charge >= 0.3 is 0 Å². The predicted molar refractivity (Wildman–Crippen MR) is 70.6 cm³/mol.